The minimum Gasteiger partial charge on any atom is -0.506 e. The van der Waals surface area contributed by atoms with Gasteiger partial charge < -0.3 is 9.67 Å². The quantitative estimate of drug-likeness (QED) is 0.637. The van der Waals surface area contributed by atoms with Gasteiger partial charge in [0.15, 0.2) is 0 Å². The molecule has 2 amide bonds. The number of carbonyl (C=O) groups is 2. The highest BCUT2D eigenvalue weighted by Crippen LogP contribution is 2.27. The second-order valence-corrected chi connectivity index (χ2v) is 7.72. The third-order valence-electron chi connectivity index (χ3n) is 5.33. The van der Waals surface area contributed by atoms with Gasteiger partial charge in [0.25, 0.3) is 5.91 Å². The number of rotatable bonds is 4. The smallest absolute Gasteiger partial charge is 0.268 e. The summed E-state index contributed by atoms with van der Waals surface area (Å²) in [4.78, 5) is 29.5. The molecule has 164 valence electrons. The molecule has 0 spiro atoms. The van der Waals surface area contributed by atoms with Crippen LogP contribution in [0.3, 0.4) is 0 Å². The molecule has 2 aromatic carbocycles. The minimum atomic E-state index is -0.364. The van der Waals surface area contributed by atoms with Gasteiger partial charge in [0.1, 0.15) is 11.6 Å². The number of aromatic nitrogens is 2. The number of aryl methyl sites for hydroxylation is 1. The fourth-order valence-electron chi connectivity index (χ4n) is 3.71. The predicted molar refractivity (Wildman–Crippen MR) is 117 cm³/mol. The van der Waals surface area contributed by atoms with Crippen molar-refractivity contribution < 1.29 is 19.1 Å². The van der Waals surface area contributed by atoms with Crippen LogP contribution in [-0.2, 0) is 16.1 Å². The summed E-state index contributed by atoms with van der Waals surface area (Å²) in [5.41, 5.74) is 3.33. The van der Waals surface area contributed by atoms with Gasteiger partial charge in [0.05, 0.1) is 24.3 Å². The maximum absolute atomic E-state index is 13.2. The summed E-state index contributed by atoms with van der Waals surface area (Å²) < 4.78 is 15.0. The lowest BCUT2D eigenvalue weighted by Crippen LogP contribution is -2.52. The number of imidazole rings is 1. The largest absolute Gasteiger partial charge is 0.506 e. The number of benzene rings is 2. The molecule has 7 nitrogen and oxygen atoms in total. The summed E-state index contributed by atoms with van der Waals surface area (Å²) >= 11 is 0. The molecule has 32 heavy (non-hydrogen) atoms. The molecule has 0 radical (unpaired) electrons. The molecule has 8 heteroatoms. The molecular formula is C24H23FN4O3. The molecule has 3 aromatic rings. The monoisotopic (exact) mass is 434 g/mol. The molecule has 1 aliphatic rings. The Bertz CT molecular complexity index is 1200. The molecule has 4 rings (SSSR count). The minimum absolute atomic E-state index is 0.0635. The van der Waals surface area contributed by atoms with Crippen molar-refractivity contribution in [3.63, 3.8) is 0 Å². The number of phenols is 1. The van der Waals surface area contributed by atoms with Crippen molar-refractivity contribution in [2.24, 2.45) is 0 Å². The Kier molecular flexibility index (Phi) is 5.77. The van der Waals surface area contributed by atoms with Crippen LogP contribution in [0.5, 0.6) is 5.75 Å². The van der Waals surface area contributed by atoms with E-state index in [0.29, 0.717) is 35.4 Å². The Balaban J connectivity index is 1.60. The van der Waals surface area contributed by atoms with Gasteiger partial charge in [-0.15, -0.1) is 0 Å². The molecule has 1 saturated heterocycles. The van der Waals surface area contributed by atoms with Crippen LogP contribution in [0.25, 0.3) is 11.8 Å². The first-order chi connectivity index (χ1) is 15.3. The Morgan fingerprint density at radius 1 is 1.22 bits per heavy atom. The highest BCUT2D eigenvalue weighted by atomic mass is 19.1. The molecular weight excluding hydrogens is 411 g/mol. The first-order valence-corrected chi connectivity index (χ1v) is 10.2. The van der Waals surface area contributed by atoms with Gasteiger partial charge in [0.2, 0.25) is 5.91 Å². The lowest BCUT2D eigenvalue weighted by molar-refractivity contribution is -0.164. The molecule has 2 heterocycles. The number of hydrazine groups is 1. The van der Waals surface area contributed by atoms with Crippen molar-refractivity contribution in [3.8, 4) is 11.4 Å². The van der Waals surface area contributed by atoms with Crippen LogP contribution in [0.4, 0.5) is 4.39 Å². The number of amides is 2. The van der Waals surface area contributed by atoms with Crippen LogP contribution in [0, 0.1) is 12.7 Å². The van der Waals surface area contributed by atoms with Gasteiger partial charge in [0, 0.05) is 25.2 Å². The third-order valence-corrected chi connectivity index (χ3v) is 5.33. The van der Waals surface area contributed by atoms with Crippen LogP contribution in [-0.4, -0.2) is 43.0 Å². The Morgan fingerprint density at radius 2 is 1.97 bits per heavy atom. The molecule has 1 aliphatic heterocycles. The summed E-state index contributed by atoms with van der Waals surface area (Å²) in [6.45, 7) is 3.78. The van der Waals surface area contributed by atoms with Crippen LogP contribution in [0.2, 0.25) is 0 Å². The molecule has 1 aromatic heterocycles. The Hall–Kier alpha value is -3.94. The van der Waals surface area contributed by atoms with E-state index in [1.807, 2.05) is 19.2 Å². The molecule has 0 atom stereocenters. The zero-order chi connectivity index (χ0) is 22.8. The number of aromatic hydroxyl groups is 1. The molecule has 0 unspecified atom stereocenters. The van der Waals surface area contributed by atoms with Crippen molar-refractivity contribution in [2.45, 2.75) is 26.8 Å². The van der Waals surface area contributed by atoms with Crippen LogP contribution in [0.1, 0.15) is 30.2 Å². The van der Waals surface area contributed by atoms with Crippen molar-refractivity contribution in [3.05, 3.63) is 83.2 Å². The topological polar surface area (TPSA) is 78.7 Å². The normalized spacial score (nSPS) is 15.5. The van der Waals surface area contributed by atoms with E-state index in [1.54, 1.807) is 41.2 Å². The van der Waals surface area contributed by atoms with Crippen molar-refractivity contribution >= 4 is 17.9 Å². The predicted octanol–water partition coefficient (Wildman–Crippen LogP) is 3.60. The van der Waals surface area contributed by atoms with Gasteiger partial charge in [-0.2, -0.15) is 0 Å². The van der Waals surface area contributed by atoms with Crippen molar-refractivity contribution in [1.82, 2.24) is 19.6 Å². The maximum atomic E-state index is 13.2. The Morgan fingerprint density at radius 3 is 2.59 bits per heavy atom. The lowest BCUT2D eigenvalue weighted by Gasteiger charge is -2.38. The zero-order valence-corrected chi connectivity index (χ0v) is 17.8. The fraction of sp³-hybridized carbons (Fsp3) is 0.208. The number of hydrogen-bond donors (Lipinski definition) is 1. The number of nitrogens with zero attached hydrogens (tertiary/aromatic N) is 4. The van der Waals surface area contributed by atoms with Crippen LogP contribution >= 0.6 is 0 Å². The van der Waals surface area contributed by atoms with E-state index in [1.165, 1.54) is 29.1 Å². The highest BCUT2D eigenvalue weighted by molar-refractivity contribution is 5.99. The van der Waals surface area contributed by atoms with Gasteiger partial charge >= 0.3 is 0 Å². The van der Waals surface area contributed by atoms with Crippen molar-refractivity contribution in [2.75, 3.05) is 6.54 Å². The summed E-state index contributed by atoms with van der Waals surface area (Å²) in [6.07, 6.45) is 5.54. The van der Waals surface area contributed by atoms with E-state index in [9.17, 15) is 19.1 Å². The van der Waals surface area contributed by atoms with E-state index in [2.05, 4.69) is 4.98 Å². The summed E-state index contributed by atoms with van der Waals surface area (Å²) in [5.74, 6) is -0.841. The van der Waals surface area contributed by atoms with E-state index in [4.69, 9.17) is 0 Å². The second-order valence-electron chi connectivity index (χ2n) is 7.72. The van der Waals surface area contributed by atoms with E-state index in [0.717, 1.165) is 5.69 Å². The van der Waals surface area contributed by atoms with Gasteiger partial charge in [-0.25, -0.2) is 14.4 Å². The molecule has 0 aliphatic carbocycles. The molecule has 0 saturated carbocycles. The lowest BCUT2D eigenvalue weighted by atomic mass is 10.0. The van der Waals surface area contributed by atoms with Gasteiger partial charge in [-0.05, 0) is 54.8 Å². The summed E-state index contributed by atoms with van der Waals surface area (Å²) in [7, 11) is 0. The van der Waals surface area contributed by atoms with Crippen LogP contribution < -0.4 is 0 Å². The fourth-order valence-corrected chi connectivity index (χ4v) is 3.71. The van der Waals surface area contributed by atoms with E-state index >= 15 is 0 Å². The zero-order valence-electron chi connectivity index (χ0n) is 17.8. The first-order valence-electron chi connectivity index (χ1n) is 10.2. The number of carbonyl (C=O) groups excluding carboxylic acids is 2. The SMILES string of the molecule is CC(=O)N1CC/C(=C\c2ccc(-n3cnc(C)c3)c(O)c2)C(=O)N1Cc1ccc(F)cc1. The standard InChI is InChI=1S/C24H23FN4O3/c1-16-13-27(15-26-16)22-8-5-19(12-23(22)31)11-20-9-10-28(17(2)30)29(24(20)32)14-18-3-6-21(25)7-4-18/h3-8,11-13,15,31H,9-10,14H2,1-2H3/b20-11+. The molecule has 1 N–H and O–H groups in total. The third kappa shape index (κ3) is 4.39. The van der Waals surface area contributed by atoms with Crippen LogP contribution in [0.15, 0.2) is 60.6 Å². The average Bonchev–Trinajstić information content (AvgIpc) is 3.18. The second kappa shape index (κ2) is 8.66. The average molecular weight is 434 g/mol. The molecule has 0 bridgehead atoms. The summed E-state index contributed by atoms with van der Waals surface area (Å²) in [5, 5.41) is 13.3. The first kappa shape index (κ1) is 21.3. The van der Waals surface area contributed by atoms with Gasteiger partial charge in [-0.3, -0.25) is 14.6 Å². The van der Waals surface area contributed by atoms with E-state index in [-0.39, 0.29) is 29.9 Å². The number of halogens is 1. The number of phenolic OH excluding ortho intramolecular Hbond substituents is 1. The number of hydrogen-bond acceptors (Lipinski definition) is 4. The van der Waals surface area contributed by atoms with Gasteiger partial charge in [-0.1, -0.05) is 18.2 Å². The maximum Gasteiger partial charge on any atom is 0.268 e. The van der Waals surface area contributed by atoms with Crippen molar-refractivity contribution in [1.29, 1.82) is 0 Å². The Labute approximate surface area is 185 Å². The van der Waals surface area contributed by atoms with E-state index < -0.39 is 0 Å². The molecule has 1 fully saturated rings. The summed E-state index contributed by atoms with van der Waals surface area (Å²) in [6, 6.07) is 11.0. The highest BCUT2D eigenvalue weighted by Gasteiger charge is 2.31.